The van der Waals surface area contributed by atoms with Crippen LogP contribution in [0.4, 0.5) is 17.8 Å². The second kappa shape index (κ2) is 11.6. The summed E-state index contributed by atoms with van der Waals surface area (Å²) < 4.78 is 0. The van der Waals surface area contributed by atoms with Crippen LogP contribution in [0.1, 0.15) is 141 Å². The number of aromatic nitrogens is 3. The van der Waals surface area contributed by atoms with Crippen LogP contribution >= 0.6 is 0 Å². The van der Waals surface area contributed by atoms with Gasteiger partial charge in [-0.2, -0.15) is 15.0 Å². The van der Waals surface area contributed by atoms with Gasteiger partial charge in [0.2, 0.25) is 17.8 Å². The Bertz CT molecular complexity index is 1070. The lowest BCUT2D eigenvalue weighted by Gasteiger charge is -2.49. The van der Waals surface area contributed by atoms with Crippen LogP contribution in [0.3, 0.4) is 0 Å². The van der Waals surface area contributed by atoms with Crippen molar-refractivity contribution in [3.63, 3.8) is 0 Å². The first kappa shape index (κ1) is 34.2. The predicted molar refractivity (Wildman–Crippen MR) is 184 cm³/mol. The van der Waals surface area contributed by atoms with E-state index in [0.717, 1.165) is 44.2 Å². The molecule has 0 unspecified atom stereocenters. The molecule has 0 amide bonds. The van der Waals surface area contributed by atoms with Gasteiger partial charge in [0.1, 0.15) is 0 Å². The average Bonchev–Trinajstić information content (AvgIpc) is 2.77. The molecule has 0 bridgehead atoms. The smallest absolute Gasteiger partial charge is 0.233 e. The van der Waals surface area contributed by atoms with Gasteiger partial charge in [-0.1, -0.05) is 83.1 Å². The number of anilines is 3. The summed E-state index contributed by atoms with van der Waals surface area (Å²) in [6.45, 7) is 29.9. The molecule has 0 aromatic carbocycles. The van der Waals surface area contributed by atoms with Crippen LogP contribution in [0.5, 0.6) is 0 Å². The Labute approximate surface area is 265 Å². The monoisotopic (exact) mass is 598 g/mol. The fourth-order valence-corrected chi connectivity index (χ4v) is 10.6. The summed E-state index contributed by atoms with van der Waals surface area (Å²) in [7, 11) is 4.12. The van der Waals surface area contributed by atoms with Crippen LogP contribution in [0, 0.1) is 32.5 Å². The number of nitrogens with zero attached hydrogens (tertiary/aromatic N) is 5. The molecule has 3 saturated carbocycles. The van der Waals surface area contributed by atoms with Gasteiger partial charge in [0.05, 0.1) is 6.67 Å². The largest absolute Gasteiger partial charge is 0.357 e. The van der Waals surface area contributed by atoms with Crippen molar-refractivity contribution in [2.75, 3.05) is 35.9 Å². The van der Waals surface area contributed by atoms with Gasteiger partial charge in [0.25, 0.3) is 0 Å². The maximum absolute atomic E-state index is 5.29. The fraction of sp³-hybridized carbons (Fsp3) is 0.917. The molecule has 0 atom stereocenters. The Morgan fingerprint density at radius 3 is 1.42 bits per heavy atom. The number of rotatable bonds is 8. The van der Waals surface area contributed by atoms with E-state index in [2.05, 4.69) is 111 Å². The van der Waals surface area contributed by atoms with Gasteiger partial charge in [0.15, 0.2) is 0 Å². The molecule has 0 aliphatic heterocycles. The summed E-state index contributed by atoms with van der Waals surface area (Å²) in [6, 6.07) is 1.23. The van der Waals surface area contributed by atoms with Gasteiger partial charge in [-0.3, -0.25) is 5.32 Å². The molecule has 1 aromatic rings. The Kier molecular flexibility index (Phi) is 9.26. The van der Waals surface area contributed by atoms with E-state index < -0.39 is 0 Å². The Hall–Kier alpha value is -1.63. The van der Waals surface area contributed by atoms with Crippen molar-refractivity contribution in [1.82, 2.24) is 20.3 Å². The maximum Gasteiger partial charge on any atom is 0.233 e. The van der Waals surface area contributed by atoms with E-state index in [1.165, 1.54) is 32.1 Å². The Balaban J connectivity index is 1.69. The van der Waals surface area contributed by atoms with E-state index in [4.69, 9.17) is 15.0 Å². The second-order valence-electron chi connectivity index (χ2n) is 19.7. The summed E-state index contributed by atoms with van der Waals surface area (Å²) >= 11 is 0. The van der Waals surface area contributed by atoms with Crippen LogP contribution < -0.4 is 20.4 Å². The van der Waals surface area contributed by atoms with Gasteiger partial charge < -0.3 is 15.1 Å². The lowest BCUT2D eigenvalue weighted by Crippen LogP contribution is -2.53. The number of hydrogen-bond acceptors (Lipinski definition) is 7. The van der Waals surface area contributed by atoms with Crippen LogP contribution in [-0.2, 0) is 0 Å². The highest BCUT2D eigenvalue weighted by Crippen LogP contribution is 2.49. The molecular weight excluding hydrogens is 530 g/mol. The Morgan fingerprint density at radius 1 is 0.581 bits per heavy atom. The van der Waals surface area contributed by atoms with Gasteiger partial charge in [-0.15, -0.1) is 0 Å². The molecule has 246 valence electrons. The molecule has 43 heavy (non-hydrogen) atoms. The fourth-order valence-electron chi connectivity index (χ4n) is 10.6. The SMILES string of the molecule is CNc1nc(N(C)C2CC(C)(C)CC(C)(C)C2)nc(N(CNC2CC(C)(C)CC(C)(C)C2)C2CC(C)(C)CC(C)(C)C2)n1. The van der Waals surface area contributed by atoms with E-state index in [9.17, 15) is 0 Å². The van der Waals surface area contributed by atoms with Crippen molar-refractivity contribution in [3.05, 3.63) is 0 Å². The molecule has 0 spiro atoms. The lowest BCUT2D eigenvalue weighted by atomic mass is 9.63. The number of hydrogen-bond donors (Lipinski definition) is 2. The third kappa shape index (κ3) is 8.98. The highest BCUT2D eigenvalue weighted by molar-refractivity contribution is 5.46. The first-order chi connectivity index (χ1) is 19.5. The topological polar surface area (TPSA) is 69.2 Å². The standard InChI is InChI=1S/C36H67N7/c1-31(2)15-25(16-32(3,4)21-31)38-24-43(27-19-35(9,10)23-36(11,12)20-27)30-40-28(37-13)39-29(41-30)42(14)26-17-33(5,6)22-34(7,8)18-26/h25-27,38H,15-24H2,1-14H3,(H,37,39,40,41). The molecule has 7 nitrogen and oxygen atoms in total. The minimum atomic E-state index is 0.261. The Morgan fingerprint density at radius 2 is 0.977 bits per heavy atom. The highest BCUT2D eigenvalue weighted by Gasteiger charge is 2.44. The normalized spacial score (nSPS) is 26.6. The molecule has 0 saturated heterocycles. The van der Waals surface area contributed by atoms with Crippen LogP contribution in [-0.4, -0.2) is 53.8 Å². The molecular formula is C36H67N7. The minimum absolute atomic E-state index is 0.261. The lowest BCUT2D eigenvalue weighted by molar-refractivity contribution is 0.0795. The van der Waals surface area contributed by atoms with Gasteiger partial charge in [-0.05, 0) is 90.3 Å². The number of nitrogens with one attached hydrogen (secondary N) is 2. The van der Waals surface area contributed by atoms with Crippen LogP contribution in [0.2, 0.25) is 0 Å². The van der Waals surface area contributed by atoms with Crippen molar-refractivity contribution in [3.8, 4) is 0 Å². The van der Waals surface area contributed by atoms with E-state index in [-0.39, 0.29) is 10.8 Å². The van der Waals surface area contributed by atoms with Crippen molar-refractivity contribution >= 4 is 17.8 Å². The highest BCUT2D eigenvalue weighted by atomic mass is 15.4. The molecule has 4 rings (SSSR count). The van der Waals surface area contributed by atoms with E-state index in [0.29, 0.717) is 45.7 Å². The summed E-state index contributed by atoms with van der Waals surface area (Å²) in [6.07, 6.45) is 10.7. The van der Waals surface area contributed by atoms with Crippen molar-refractivity contribution in [1.29, 1.82) is 0 Å². The van der Waals surface area contributed by atoms with E-state index in [1.54, 1.807) is 0 Å². The van der Waals surface area contributed by atoms with Crippen molar-refractivity contribution < 1.29 is 0 Å². The van der Waals surface area contributed by atoms with Gasteiger partial charge in [0, 0.05) is 32.2 Å². The van der Waals surface area contributed by atoms with E-state index in [1.807, 2.05) is 7.05 Å². The second-order valence-corrected chi connectivity index (χ2v) is 19.7. The average molecular weight is 598 g/mol. The third-order valence-electron chi connectivity index (χ3n) is 10.6. The molecule has 3 aliphatic carbocycles. The van der Waals surface area contributed by atoms with Gasteiger partial charge >= 0.3 is 0 Å². The molecule has 3 fully saturated rings. The summed E-state index contributed by atoms with van der Waals surface area (Å²) in [4.78, 5) is 20.1. The summed E-state index contributed by atoms with van der Waals surface area (Å²) in [5.41, 5.74) is 1.78. The summed E-state index contributed by atoms with van der Waals surface area (Å²) in [5, 5.41) is 7.33. The van der Waals surface area contributed by atoms with Gasteiger partial charge in [-0.25, -0.2) is 0 Å². The molecule has 0 radical (unpaired) electrons. The zero-order chi connectivity index (χ0) is 32.2. The third-order valence-corrected chi connectivity index (χ3v) is 10.6. The molecule has 1 heterocycles. The van der Waals surface area contributed by atoms with E-state index >= 15 is 0 Å². The zero-order valence-corrected chi connectivity index (χ0v) is 30.5. The zero-order valence-electron chi connectivity index (χ0n) is 30.5. The minimum Gasteiger partial charge on any atom is -0.357 e. The molecule has 3 aliphatic rings. The molecule has 7 heteroatoms. The van der Waals surface area contributed by atoms with Crippen LogP contribution in [0.25, 0.3) is 0 Å². The van der Waals surface area contributed by atoms with Crippen LogP contribution in [0.15, 0.2) is 0 Å². The van der Waals surface area contributed by atoms with Crippen molar-refractivity contribution in [2.45, 2.75) is 159 Å². The van der Waals surface area contributed by atoms with Crippen molar-refractivity contribution in [2.24, 2.45) is 32.5 Å². The quantitative estimate of drug-likeness (QED) is 0.291. The molecule has 2 N–H and O–H groups in total. The first-order valence-corrected chi connectivity index (χ1v) is 17.2. The maximum atomic E-state index is 5.29. The predicted octanol–water partition coefficient (Wildman–Crippen LogP) is 8.52. The first-order valence-electron chi connectivity index (χ1n) is 17.2. The summed E-state index contributed by atoms with van der Waals surface area (Å²) in [5.74, 6) is 2.24. The molecule has 1 aromatic heterocycles.